The minimum Gasteiger partial charge on any atom is -0.373 e. The van der Waals surface area contributed by atoms with Crippen LogP contribution in [0.15, 0.2) is 0 Å². The summed E-state index contributed by atoms with van der Waals surface area (Å²) in [6.45, 7) is 0.695. The third kappa shape index (κ3) is 1.08. The SMILES string of the molecule is CNC1(CN)CCC2CCC1O2. The normalized spacial score (nSPS) is 46.5. The van der Waals surface area contributed by atoms with Crippen LogP contribution in [0, 0.1) is 0 Å². The van der Waals surface area contributed by atoms with Crippen molar-refractivity contribution in [3.63, 3.8) is 0 Å². The summed E-state index contributed by atoms with van der Waals surface area (Å²) in [4.78, 5) is 0. The van der Waals surface area contributed by atoms with Gasteiger partial charge in [-0.3, -0.25) is 0 Å². The molecule has 3 nitrogen and oxygen atoms in total. The van der Waals surface area contributed by atoms with Crippen LogP contribution in [0.1, 0.15) is 25.7 Å². The molecule has 2 aliphatic rings. The van der Waals surface area contributed by atoms with E-state index in [1.54, 1.807) is 0 Å². The second kappa shape index (κ2) is 2.98. The molecule has 0 radical (unpaired) electrons. The first-order valence-electron chi connectivity index (χ1n) is 4.85. The first-order valence-corrected chi connectivity index (χ1v) is 4.85. The number of hydrogen-bond donors (Lipinski definition) is 2. The van der Waals surface area contributed by atoms with Crippen molar-refractivity contribution >= 4 is 0 Å². The average molecular weight is 170 g/mol. The van der Waals surface area contributed by atoms with Gasteiger partial charge in [0.25, 0.3) is 0 Å². The Kier molecular flexibility index (Phi) is 2.10. The second-order valence-electron chi connectivity index (χ2n) is 3.97. The lowest BCUT2D eigenvalue weighted by Crippen LogP contribution is -2.59. The number of rotatable bonds is 2. The summed E-state index contributed by atoms with van der Waals surface area (Å²) < 4.78 is 5.85. The highest BCUT2D eigenvalue weighted by Crippen LogP contribution is 2.38. The molecule has 0 aromatic rings. The van der Waals surface area contributed by atoms with Gasteiger partial charge in [-0.2, -0.15) is 0 Å². The maximum absolute atomic E-state index is 5.85. The molecule has 0 spiro atoms. The van der Waals surface area contributed by atoms with E-state index in [4.69, 9.17) is 10.5 Å². The van der Waals surface area contributed by atoms with E-state index in [-0.39, 0.29) is 5.54 Å². The smallest absolute Gasteiger partial charge is 0.0773 e. The Morgan fingerprint density at radius 1 is 1.50 bits per heavy atom. The molecular weight excluding hydrogens is 152 g/mol. The van der Waals surface area contributed by atoms with E-state index in [0.717, 1.165) is 0 Å². The Hall–Kier alpha value is -0.120. The highest BCUT2D eigenvalue weighted by Gasteiger charge is 2.46. The first kappa shape index (κ1) is 8.48. The molecule has 0 saturated carbocycles. The number of ether oxygens (including phenoxy) is 1. The number of likely N-dealkylation sites (N-methyl/N-ethyl adjacent to an activating group) is 1. The average Bonchev–Trinajstić information content (AvgIpc) is 2.52. The zero-order valence-electron chi connectivity index (χ0n) is 7.68. The molecule has 2 saturated heterocycles. The van der Waals surface area contributed by atoms with Crippen molar-refractivity contribution in [1.82, 2.24) is 5.32 Å². The van der Waals surface area contributed by atoms with Crippen LogP contribution in [0.5, 0.6) is 0 Å². The van der Waals surface area contributed by atoms with Gasteiger partial charge >= 0.3 is 0 Å². The van der Waals surface area contributed by atoms with Crippen LogP contribution in [0.3, 0.4) is 0 Å². The van der Waals surface area contributed by atoms with Gasteiger partial charge in [-0.15, -0.1) is 0 Å². The zero-order valence-corrected chi connectivity index (χ0v) is 7.68. The quantitative estimate of drug-likeness (QED) is 0.624. The largest absolute Gasteiger partial charge is 0.373 e. The molecule has 2 bridgehead atoms. The van der Waals surface area contributed by atoms with Crippen LogP contribution in [0.2, 0.25) is 0 Å². The van der Waals surface area contributed by atoms with E-state index >= 15 is 0 Å². The predicted molar refractivity (Wildman–Crippen MR) is 48.0 cm³/mol. The van der Waals surface area contributed by atoms with Crippen molar-refractivity contribution < 1.29 is 4.74 Å². The van der Waals surface area contributed by atoms with Crippen molar-refractivity contribution in [1.29, 1.82) is 0 Å². The first-order chi connectivity index (χ1) is 5.80. The summed E-state index contributed by atoms with van der Waals surface area (Å²) in [6, 6.07) is 0. The monoisotopic (exact) mass is 170 g/mol. The molecule has 70 valence electrons. The maximum atomic E-state index is 5.85. The highest BCUT2D eigenvalue weighted by molar-refractivity contribution is 5.02. The highest BCUT2D eigenvalue weighted by atomic mass is 16.5. The van der Waals surface area contributed by atoms with Crippen LogP contribution in [0.4, 0.5) is 0 Å². The minimum absolute atomic E-state index is 0.0764. The summed E-state index contributed by atoms with van der Waals surface area (Å²) in [7, 11) is 1.99. The molecule has 0 aromatic carbocycles. The lowest BCUT2D eigenvalue weighted by atomic mass is 9.86. The molecule has 3 heteroatoms. The molecular formula is C9H18N2O. The standard InChI is InChI=1S/C9H18N2O/c1-11-9(6-10)5-4-7-2-3-8(9)12-7/h7-8,11H,2-6,10H2,1H3. The molecule has 2 aliphatic heterocycles. The molecule has 2 heterocycles. The van der Waals surface area contributed by atoms with Crippen molar-refractivity contribution in [3.05, 3.63) is 0 Å². The van der Waals surface area contributed by atoms with Crippen LogP contribution < -0.4 is 11.1 Å². The van der Waals surface area contributed by atoms with Gasteiger partial charge in [0.1, 0.15) is 0 Å². The van der Waals surface area contributed by atoms with Crippen molar-refractivity contribution in [2.45, 2.75) is 43.4 Å². The number of hydrogen-bond acceptors (Lipinski definition) is 3. The molecule has 3 unspecified atom stereocenters. The van der Waals surface area contributed by atoms with E-state index in [0.29, 0.717) is 18.8 Å². The zero-order chi connectivity index (χ0) is 8.60. The Bertz CT molecular complexity index is 168. The van der Waals surface area contributed by atoms with Crippen LogP contribution in [-0.4, -0.2) is 31.3 Å². The Morgan fingerprint density at radius 3 is 3.00 bits per heavy atom. The second-order valence-corrected chi connectivity index (χ2v) is 3.97. The maximum Gasteiger partial charge on any atom is 0.0773 e. The number of nitrogens with one attached hydrogen (secondary N) is 1. The fourth-order valence-corrected chi connectivity index (χ4v) is 2.53. The molecule has 3 atom stereocenters. The van der Waals surface area contributed by atoms with Crippen molar-refractivity contribution in [3.8, 4) is 0 Å². The van der Waals surface area contributed by atoms with Crippen molar-refractivity contribution in [2.75, 3.05) is 13.6 Å². The molecule has 2 fully saturated rings. The summed E-state index contributed by atoms with van der Waals surface area (Å²) in [5.41, 5.74) is 5.87. The van der Waals surface area contributed by atoms with E-state index < -0.39 is 0 Å². The number of nitrogens with two attached hydrogens (primary N) is 1. The van der Waals surface area contributed by atoms with Crippen LogP contribution in [-0.2, 0) is 4.74 Å². The fraction of sp³-hybridized carbons (Fsp3) is 1.00. The minimum atomic E-state index is 0.0764. The summed E-state index contributed by atoms with van der Waals surface area (Å²) in [5.74, 6) is 0. The Morgan fingerprint density at radius 2 is 2.33 bits per heavy atom. The molecule has 0 amide bonds. The lowest BCUT2D eigenvalue weighted by Gasteiger charge is -2.41. The van der Waals surface area contributed by atoms with Gasteiger partial charge in [-0.25, -0.2) is 0 Å². The van der Waals surface area contributed by atoms with Gasteiger partial charge in [0, 0.05) is 6.54 Å². The Labute approximate surface area is 73.7 Å². The molecule has 0 aromatic heterocycles. The van der Waals surface area contributed by atoms with Crippen molar-refractivity contribution in [2.24, 2.45) is 5.73 Å². The van der Waals surface area contributed by atoms with Crippen LogP contribution >= 0.6 is 0 Å². The van der Waals surface area contributed by atoms with Gasteiger partial charge in [0.2, 0.25) is 0 Å². The van der Waals surface area contributed by atoms with Crippen LogP contribution in [0.25, 0.3) is 0 Å². The molecule has 3 N–H and O–H groups in total. The Balaban J connectivity index is 2.13. The van der Waals surface area contributed by atoms with E-state index in [9.17, 15) is 0 Å². The third-order valence-corrected chi connectivity index (χ3v) is 3.50. The number of fused-ring (bicyclic) bond motifs is 2. The lowest BCUT2D eigenvalue weighted by molar-refractivity contribution is -0.0533. The van der Waals surface area contributed by atoms with Gasteiger partial charge in [0.05, 0.1) is 17.7 Å². The summed E-state index contributed by atoms with van der Waals surface area (Å²) >= 11 is 0. The fourth-order valence-electron chi connectivity index (χ4n) is 2.53. The van der Waals surface area contributed by atoms with E-state index in [1.807, 2.05) is 7.05 Å². The van der Waals surface area contributed by atoms with Gasteiger partial charge in [-0.1, -0.05) is 0 Å². The predicted octanol–water partition coefficient (Wildman–Crippen LogP) is 0.245. The van der Waals surface area contributed by atoms with E-state index in [1.165, 1.54) is 25.7 Å². The topological polar surface area (TPSA) is 47.3 Å². The molecule has 0 aliphatic carbocycles. The van der Waals surface area contributed by atoms with E-state index in [2.05, 4.69) is 5.32 Å². The molecule has 2 rings (SSSR count). The third-order valence-electron chi connectivity index (χ3n) is 3.50. The van der Waals surface area contributed by atoms with Gasteiger partial charge < -0.3 is 15.8 Å². The van der Waals surface area contributed by atoms with Gasteiger partial charge in [0.15, 0.2) is 0 Å². The van der Waals surface area contributed by atoms with Gasteiger partial charge in [-0.05, 0) is 32.7 Å². The summed E-state index contributed by atoms with van der Waals surface area (Å²) in [5, 5.41) is 3.34. The summed E-state index contributed by atoms with van der Waals surface area (Å²) in [6.07, 6.45) is 5.66. The molecule has 12 heavy (non-hydrogen) atoms.